The molecule has 1 saturated heterocycles. The van der Waals surface area contributed by atoms with Crippen molar-refractivity contribution in [2.24, 2.45) is 11.3 Å². The van der Waals surface area contributed by atoms with E-state index in [0.29, 0.717) is 25.9 Å². The number of piperidine rings is 1. The van der Waals surface area contributed by atoms with E-state index < -0.39 is 30.1 Å². The third kappa shape index (κ3) is 2.08. The highest BCUT2D eigenvalue weighted by Crippen LogP contribution is 2.58. The maximum absolute atomic E-state index is 13.0. The van der Waals surface area contributed by atoms with Gasteiger partial charge in [-0.2, -0.15) is 0 Å². The van der Waals surface area contributed by atoms with Gasteiger partial charge in [0.2, 0.25) is 11.8 Å². The topological polar surface area (TPSA) is 57.6 Å². The summed E-state index contributed by atoms with van der Waals surface area (Å²) in [4.78, 5) is 24.1. The summed E-state index contributed by atoms with van der Waals surface area (Å²) in [7, 11) is 0. The van der Waals surface area contributed by atoms with Gasteiger partial charge in [-0.25, -0.2) is 8.78 Å². The Balaban J connectivity index is 2.03. The molecule has 4 nitrogen and oxygen atoms in total. The van der Waals surface area contributed by atoms with Crippen molar-refractivity contribution in [2.75, 3.05) is 13.1 Å². The molecule has 102 valence electrons. The summed E-state index contributed by atoms with van der Waals surface area (Å²) in [6, 6.07) is 0. The van der Waals surface area contributed by atoms with Crippen LogP contribution in [0.1, 0.15) is 32.6 Å². The number of amides is 1. The Kier molecular flexibility index (Phi) is 3.07. The molecule has 1 amide bonds. The van der Waals surface area contributed by atoms with E-state index in [1.54, 1.807) is 4.90 Å². The Bertz CT molecular complexity index is 368. The molecule has 0 aromatic carbocycles. The smallest absolute Gasteiger partial charge is 0.310 e. The lowest BCUT2D eigenvalue weighted by Gasteiger charge is -2.50. The zero-order valence-corrected chi connectivity index (χ0v) is 10.3. The van der Waals surface area contributed by atoms with Gasteiger partial charge in [0.25, 0.3) is 0 Å². The van der Waals surface area contributed by atoms with E-state index in [0.717, 1.165) is 0 Å². The van der Waals surface area contributed by atoms with Gasteiger partial charge in [0, 0.05) is 32.9 Å². The minimum Gasteiger partial charge on any atom is -0.481 e. The number of nitrogens with zero attached hydrogens (tertiary/aromatic N) is 1. The fourth-order valence-corrected chi connectivity index (χ4v) is 3.23. The van der Waals surface area contributed by atoms with Crippen molar-refractivity contribution in [3.8, 4) is 0 Å². The first-order chi connectivity index (χ1) is 8.27. The number of carboxylic acids is 1. The van der Waals surface area contributed by atoms with Crippen molar-refractivity contribution in [1.82, 2.24) is 4.90 Å². The maximum Gasteiger partial charge on any atom is 0.310 e. The van der Waals surface area contributed by atoms with Crippen LogP contribution in [-0.4, -0.2) is 40.9 Å². The molecular formula is C12H17F2NO3. The molecule has 0 unspecified atom stereocenters. The van der Waals surface area contributed by atoms with Crippen molar-refractivity contribution >= 4 is 11.9 Å². The van der Waals surface area contributed by atoms with Crippen molar-refractivity contribution in [3.05, 3.63) is 0 Å². The molecule has 1 aliphatic heterocycles. The van der Waals surface area contributed by atoms with Gasteiger partial charge in [-0.1, -0.05) is 0 Å². The lowest BCUT2D eigenvalue weighted by atomic mass is 9.56. The van der Waals surface area contributed by atoms with Crippen LogP contribution in [0.25, 0.3) is 0 Å². The summed E-state index contributed by atoms with van der Waals surface area (Å²) in [5, 5.41) is 9.23. The first-order valence-electron chi connectivity index (χ1n) is 6.14. The second-order valence-electron chi connectivity index (χ2n) is 5.45. The molecule has 6 heteroatoms. The molecule has 1 heterocycles. The number of aliphatic carboxylic acids is 1. The monoisotopic (exact) mass is 261 g/mol. The first-order valence-corrected chi connectivity index (χ1v) is 6.14. The minimum absolute atomic E-state index is 0.0447. The van der Waals surface area contributed by atoms with E-state index in [1.165, 1.54) is 6.92 Å². The molecule has 0 aromatic heterocycles. The molecule has 0 aromatic rings. The van der Waals surface area contributed by atoms with E-state index in [2.05, 4.69) is 0 Å². The highest BCUT2D eigenvalue weighted by molar-refractivity contribution is 5.77. The largest absolute Gasteiger partial charge is 0.481 e. The van der Waals surface area contributed by atoms with E-state index in [-0.39, 0.29) is 11.8 Å². The molecule has 2 fully saturated rings. The third-order valence-electron chi connectivity index (χ3n) is 4.30. The van der Waals surface area contributed by atoms with E-state index in [9.17, 15) is 23.5 Å². The van der Waals surface area contributed by atoms with Crippen molar-refractivity contribution < 1.29 is 23.5 Å². The molecular weight excluding hydrogens is 244 g/mol. The Morgan fingerprint density at radius 1 is 1.22 bits per heavy atom. The van der Waals surface area contributed by atoms with E-state index in [4.69, 9.17) is 0 Å². The number of hydrogen-bond donors (Lipinski definition) is 1. The van der Waals surface area contributed by atoms with Crippen LogP contribution in [0.5, 0.6) is 0 Å². The standard InChI is InChI=1S/C12H17F2NO3/c1-8(16)15-4-2-9(3-5-15)11(10(17)18)6-12(13,14)7-11/h9H,2-7H2,1H3,(H,17,18). The fraction of sp³-hybridized carbons (Fsp3) is 0.833. The van der Waals surface area contributed by atoms with Crippen LogP contribution in [0.15, 0.2) is 0 Å². The van der Waals surface area contributed by atoms with Crippen LogP contribution in [0.4, 0.5) is 8.78 Å². The number of carbonyl (C=O) groups excluding carboxylic acids is 1. The van der Waals surface area contributed by atoms with Gasteiger partial charge in [0.05, 0.1) is 5.41 Å². The Morgan fingerprint density at radius 3 is 2.06 bits per heavy atom. The summed E-state index contributed by atoms with van der Waals surface area (Å²) in [6.07, 6.45) is -0.107. The van der Waals surface area contributed by atoms with Gasteiger partial charge >= 0.3 is 5.97 Å². The number of carboxylic acid groups (broad SMARTS) is 1. The predicted molar refractivity (Wildman–Crippen MR) is 59.2 cm³/mol. The average molecular weight is 261 g/mol. The number of likely N-dealkylation sites (tertiary alicyclic amines) is 1. The van der Waals surface area contributed by atoms with Crippen molar-refractivity contribution in [1.29, 1.82) is 0 Å². The molecule has 18 heavy (non-hydrogen) atoms. The molecule has 1 saturated carbocycles. The average Bonchev–Trinajstić information content (AvgIpc) is 2.25. The summed E-state index contributed by atoms with van der Waals surface area (Å²) in [5.74, 6) is -4.24. The highest BCUT2D eigenvalue weighted by atomic mass is 19.3. The van der Waals surface area contributed by atoms with E-state index >= 15 is 0 Å². The van der Waals surface area contributed by atoms with Crippen LogP contribution in [0.3, 0.4) is 0 Å². The Morgan fingerprint density at radius 2 is 1.72 bits per heavy atom. The van der Waals surface area contributed by atoms with Crippen LogP contribution in [-0.2, 0) is 9.59 Å². The lowest BCUT2D eigenvalue weighted by Crippen LogP contribution is -2.57. The van der Waals surface area contributed by atoms with Crippen LogP contribution >= 0.6 is 0 Å². The van der Waals surface area contributed by atoms with Gasteiger partial charge < -0.3 is 10.0 Å². The maximum atomic E-state index is 13.0. The molecule has 2 rings (SSSR count). The summed E-state index contributed by atoms with van der Waals surface area (Å²) in [5.41, 5.74) is -1.27. The Labute approximate surface area is 104 Å². The molecule has 0 radical (unpaired) electrons. The molecule has 1 aliphatic carbocycles. The summed E-state index contributed by atoms with van der Waals surface area (Å²) in [6.45, 7) is 2.41. The highest BCUT2D eigenvalue weighted by Gasteiger charge is 2.64. The number of carbonyl (C=O) groups is 2. The van der Waals surface area contributed by atoms with Crippen molar-refractivity contribution in [3.63, 3.8) is 0 Å². The second kappa shape index (κ2) is 4.17. The molecule has 1 N–H and O–H groups in total. The van der Waals surface area contributed by atoms with Gasteiger partial charge in [-0.3, -0.25) is 9.59 Å². The zero-order chi connectivity index (χ0) is 13.6. The lowest BCUT2D eigenvalue weighted by molar-refractivity contribution is -0.210. The first kappa shape index (κ1) is 13.2. The van der Waals surface area contributed by atoms with Crippen LogP contribution < -0.4 is 0 Å². The SMILES string of the molecule is CC(=O)N1CCC(C2(C(=O)O)CC(F)(F)C2)CC1. The molecule has 2 aliphatic rings. The quantitative estimate of drug-likeness (QED) is 0.823. The predicted octanol–water partition coefficient (Wildman–Crippen LogP) is 1.74. The zero-order valence-electron chi connectivity index (χ0n) is 10.3. The number of halogens is 2. The van der Waals surface area contributed by atoms with Gasteiger partial charge in [0.15, 0.2) is 0 Å². The molecule has 0 spiro atoms. The molecule has 0 bridgehead atoms. The molecule has 0 atom stereocenters. The van der Waals surface area contributed by atoms with E-state index in [1.807, 2.05) is 0 Å². The Hall–Kier alpha value is -1.20. The number of hydrogen-bond acceptors (Lipinski definition) is 2. The van der Waals surface area contributed by atoms with Gasteiger partial charge in [0.1, 0.15) is 0 Å². The minimum atomic E-state index is -2.84. The fourth-order valence-electron chi connectivity index (χ4n) is 3.23. The van der Waals surface area contributed by atoms with Crippen molar-refractivity contribution in [2.45, 2.75) is 38.5 Å². The van der Waals surface area contributed by atoms with Crippen LogP contribution in [0, 0.1) is 11.3 Å². The summed E-state index contributed by atoms with van der Waals surface area (Å²) >= 11 is 0. The number of alkyl halides is 2. The van der Waals surface area contributed by atoms with Crippen LogP contribution in [0.2, 0.25) is 0 Å². The summed E-state index contributed by atoms with van der Waals surface area (Å²) < 4.78 is 26.1. The van der Waals surface area contributed by atoms with Gasteiger partial charge in [-0.15, -0.1) is 0 Å². The normalized spacial score (nSPS) is 26.5. The number of rotatable bonds is 2. The second-order valence-corrected chi connectivity index (χ2v) is 5.45. The van der Waals surface area contributed by atoms with Gasteiger partial charge in [-0.05, 0) is 18.8 Å². The third-order valence-corrected chi connectivity index (χ3v) is 4.30.